The van der Waals surface area contributed by atoms with Gasteiger partial charge in [0.05, 0.1) is 12.7 Å². The molecule has 6 heteroatoms. The Bertz CT molecular complexity index is 731. The predicted octanol–water partition coefficient (Wildman–Crippen LogP) is 2.46. The summed E-state index contributed by atoms with van der Waals surface area (Å²) in [6.07, 6.45) is 0. The number of rotatable bonds is 6. The maximum atomic E-state index is 12.2. The molecule has 3 rings (SSSR count). The minimum absolute atomic E-state index is 0.0591. The molecule has 1 N–H and O–H groups in total. The van der Waals surface area contributed by atoms with Crippen LogP contribution in [0.25, 0.3) is 0 Å². The molecule has 0 atom stereocenters. The maximum absolute atomic E-state index is 12.2. The van der Waals surface area contributed by atoms with Crippen molar-refractivity contribution in [2.45, 2.75) is 13.8 Å². The summed E-state index contributed by atoms with van der Waals surface area (Å²) < 4.78 is 10.6. The van der Waals surface area contributed by atoms with Crippen molar-refractivity contribution in [3.63, 3.8) is 0 Å². The van der Waals surface area contributed by atoms with Gasteiger partial charge >= 0.3 is 0 Å². The van der Waals surface area contributed by atoms with E-state index in [1.807, 2.05) is 26.0 Å². The summed E-state index contributed by atoms with van der Waals surface area (Å²) in [6, 6.07) is 9.99. The highest BCUT2D eigenvalue weighted by molar-refractivity contribution is 5.95. The Morgan fingerprint density at radius 2 is 1.85 bits per heavy atom. The van der Waals surface area contributed by atoms with E-state index in [9.17, 15) is 4.79 Å². The van der Waals surface area contributed by atoms with Gasteiger partial charge in [-0.25, -0.2) is 0 Å². The van der Waals surface area contributed by atoms with Crippen LogP contribution < -0.4 is 15.0 Å². The standard InChI is InChI=1S/C20H27N3O3/c1-15-14-19(16(2)26-15)20(24)21-8-9-22-10-12-23(13-11-22)17-4-6-18(25-3)7-5-17/h4-7,14H,8-13H2,1-3H3,(H,21,24). The lowest BCUT2D eigenvalue weighted by Gasteiger charge is -2.36. The molecule has 0 unspecified atom stereocenters. The van der Waals surface area contributed by atoms with Crippen LogP contribution in [0.2, 0.25) is 0 Å². The van der Waals surface area contributed by atoms with E-state index in [1.165, 1.54) is 5.69 Å². The molecule has 1 aliphatic heterocycles. The molecule has 6 nitrogen and oxygen atoms in total. The maximum Gasteiger partial charge on any atom is 0.254 e. The number of carbonyl (C=O) groups is 1. The van der Waals surface area contributed by atoms with E-state index in [-0.39, 0.29) is 5.91 Å². The molecule has 2 heterocycles. The van der Waals surface area contributed by atoms with Gasteiger partial charge in [0.1, 0.15) is 17.3 Å². The van der Waals surface area contributed by atoms with E-state index in [2.05, 4.69) is 27.2 Å². The summed E-state index contributed by atoms with van der Waals surface area (Å²) in [7, 11) is 1.68. The Morgan fingerprint density at radius 1 is 1.15 bits per heavy atom. The lowest BCUT2D eigenvalue weighted by atomic mass is 10.2. The molecule has 0 saturated carbocycles. The molecule has 1 aliphatic rings. The summed E-state index contributed by atoms with van der Waals surface area (Å²) in [5.74, 6) is 2.26. The Labute approximate surface area is 154 Å². The van der Waals surface area contributed by atoms with Crippen molar-refractivity contribution >= 4 is 11.6 Å². The SMILES string of the molecule is COc1ccc(N2CCN(CCNC(=O)c3cc(C)oc3C)CC2)cc1. The van der Waals surface area contributed by atoms with Crippen molar-refractivity contribution in [1.29, 1.82) is 0 Å². The van der Waals surface area contributed by atoms with Crippen LogP contribution in [0.1, 0.15) is 21.9 Å². The molecule has 0 spiro atoms. The smallest absolute Gasteiger partial charge is 0.254 e. The number of anilines is 1. The number of furan rings is 1. The first-order chi connectivity index (χ1) is 12.6. The largest absolute Gasteiger partial charge is 0.497 e. The molecular weight excluding hydrogens is 330 g/mol. The second-order valence-corrected chi connectivity index (χ2v) is 6.61. The van der Waals surface area contributed by atoms with Crippen LogP contribution in [-0.2, 0) is 0 Å². The molecule has 1 amide bonds. The van der Waals surface area contributed by atoms with Crippen LogP contribution in [0, 0.1) is 13.8 Å². The van der Waals surface area contributed by atoms with Crippen LogP contribution >= 0.6 is 0 Å². The Kier molecular flexibility index (Phi) is 5.83. The fourth-order valence-corrected chi connectivity index (χ4v) is 3.30. The van der Waals surface area contributed by atoms with Gasteiger partial charge in [0.15, 0.2) is 0 Å². The highest BCUT2D eigenvalue weighted by Crippen LogP contribution is 2.20. The number of aryl methyl sites for hydroxylation is 2. The number of methoxy groups -OCH3 is 1. The summed E-state index contributed by atoms with van der Waals surface area (Å²) in [4.78, 5) is 17.0. The number of hydrogen-bond acceptors (Lipinski definition) is 5. The van der Waals surface area contributed by atoms with Crippen LogP contribution in [-0.4, -0.2) is 57.2 Å². The van der Waals surface area contributed by atoms with Crippen molar-refractivity contribution in [1.82, 2.24) is 10.2 Å². The predicted molar refractivity (Wildman–Crippen MR) is 102 cm³/mol. The minimum Gasteiger partial charge on any atom is -0.497 e. The average molecular weight is 357 g/mol. The Morgan fingerprint density at radius 3 is 2.42 bits per heavy atom. The van der Waals surface area contributed by atoms with Crippen molar-refractivity contribution < 1.29 is 13.9 Å². The first kappa shape index (κ1) is 18.3. The van der Waals surface area contributed by atoms with Gasteiger partial charge in [0.25, 0.3) is 5.91 Å². The third-order valence-corrected chi connectivity index (χ3v) is 4.81. The topological polar surface area (TPSA) is 58.0 Å². The fraction of sp³-hybridized carbons (Fsp3) is 0.450. The van der Waals surface area contributed by atoms with Gasteiger partial charge in [0.2, 0.25) is 0 Å². The van der Waals surface area contributed by atoms with Crippen LogP contribution in [0.15, 0.2) is 34.7 Å². The first-order valence-corrected chi connectivity index (χ1v) is 9.03. The number of amides is 1. The monoisotopic (exact) mass is 357 g/mol. The molecule has 0 radical (unpaired) electrons. The van der Waals surface area contributed by atoms with Gasteiger partial charge in [0, 0.05) is 45.0 Å². The summed E-state index contributed by atoms with van der Waals surface area (Å²) >= 11 is 0. The Balaban J connectivity index is 1.41. The number of ether oxygens (including phenoxy) is 1. The molecular formula is C20H27N3O3. The third kappa shape index (κ3) is 4.38. The van der Waals surface area contributed by atoms with Crippen molar-refractivity contribution in [3.05, 3.63) is 47.4 Å². The molecule has 0 bridgehead atoms. The van der Waals surface area contributed by atoms with Crippen LogP contribution in [0.5, 0.6) is 5.75 Å². The normalized spacial score (nSPS) is 15.1. The highest BCUT2D eigenvalue weighted by atomic mass is 16.5. The van der Waals surface area contributed by atoms with E-state index in [0.29, 0.717) is 17.9 Å². The van der Waals surface area contributed by atoms with E-state index in [4.69, 9.17) is 9.15 Å². The van der Waals surface area contributed by atoms with Gasteiger partial charge in [-0.3, -0.25) is 9.69 Å². The highest BCUT2D eigenvalue weighted by Gasteiger charge is 2.18. The van der Waals surface area contributed by atoms with Gasteiger partial charge in [-0.2, -0.15) is 0 Å². The number of carbonyl (C=O) groups excluding carboxylic acids is 1. The zero-order valence-corrected chi connectivity index (χ0v) is 15.7. The molecule has 1 aromatic heterocycles. The van der Waals surface area contributed by atoms with Crippen LogP contribution in [0.4, 0.5) is 5.69 Å². The number of nitrogens with zero attached hydrogens (tertiary/aromatic N) is 2. The van der Waals surface area contributed by atoms with E-state index < -0.39 is 0 Å². The number of hydrogen-bond donors (Lipinski definition) is 1. The summed E-state index contributed by atoms with van der Waals surface area (Å²) in [5, 5.41) is 2.99. The van der Waals surface area contributed by atoms with Gasteiger partial charge in [-0.1, -0.05) is 0 Å². The molecule has 1 fully saturated rings. The van der Waals surface area contributed by atoms with E-state index in [1.54, 1.807) is 13.2 Å². The number of piperazine rings is 1. The second kappa shape index (κ2) is 8.27. The van der Waals surface area contributed by atoms with Crippen LogP contribution in [0.3, 0.4) is 0 Å². The minimum atomic E-state index is -0.0591. The Hall–Kier alpha value is -2.47. The van der Waals surface area contributed by atoms with Gasteiger partial charge in [-0.05, 0) is 44.2 Å². The molecule has 140 valence electrons. The van der Waals surface area contributed by atoms with Crippen molar-refractivity contribution in [3.8, 4) is 5.75 Å². The lowest BCUT2D eigenvalue weighted by Crippen LogP contribution is -2.48. The molecule has 0 aliphatic carbocycles. The first-order valence-electron chi connectivity index (χ1n) is 9.03. The fourth-order valence-electron chi connectivity index (χ4n) is 3.30. The van der Waals surface area contributed by atoms with Crippen molar-refractivity contribution in [2.75, 3.05) is 51.3 Å². The van der Waals surface area contributed by atoms with E-state index in [0.717, 1.165) is 44.2 Å². The molecule has 26 heavy (non-hydrogen) atoms. The quantitative estimate of drug-likeness (QED) is 0.861. The third-order valence-electron chi connectivity index (χ3n) is 4.81. The van der Waals surface area contributed by atoms with Gasteiger partial charge in [-0.15, -0.1) is 0 Å². The molecule has 2 aromatic rings. The zero-order valence-electron chi connectivity index (χ0n) is 15.7. The molecule has 1 aromatic carbocycles. The van der Waals surface area contributed by atoms with Gasteiger partial charge < -0.3 is 19.4 Å². The number of nitrogens with one attached hydrogen (secondary N) is 1. The molecule has 1 saturated heterocycles. The summed E-state index contributed by atoms with van der Waals surface area (Å²) in [5.41, 5.74) is 1.86. The van der Waals surface area contributed by atoms with Crippen molar-refractivity contribution in [2.24, 2.45) is 0 Å². The summed E-state index contributed by atoms with van der Waals surface area (Å²) in [6.45, 7) is 9.13. The number of benzene rings is 1. The second-order valence-electron chi connectivity index (χ2n) is 6.61. The average Bonchev–Trinajstić information content (AvgIpc) is 3.00. The van der Waals surface area contributed by atoms with E-state index >= 15 is 0 Å². The lowest BCUT2D eigenvalue weighted by molar-refractivity contribution is 0.0946. The zero-order chi connectivity index (χ0) is 18.5.